The molecule has 0 aromatic carbocycles. The maximum absolute atomic E-state index is 11.4. The lowest BCUT2D eigenvalue weighted by Crippen LogP contribution is -2.34. The van der Waals surface area contributed by atoms with E-state index in [9.17, 15) is 4.79 Å². The van der Waals surface area contributed by atoms with E-state index in [-0.39, 0.29) is 11.3 Å². The third-order valence-electron chi connectivity index (χ3n) is 2.08. The summed E-state index contributed by atoms with van der Waals surface area (Å²) in [6.07, 6.45) is 0.536. The van der Waals surface area contributed by atoms with Gasteiger partial charge in [-0.05, 0) is 18.9 Å². The molecule has 3 heteroatoms. The lowest BCUT2D eigenvalue weighted by Gasteiger charge is -2.24. The van der Waals surface area contributed by atoms with E-state index in [1.807, 2.05) is 27.8 Å². The van der Waals surface area contributed by atoms with Crippen LogP contribution in [0.25, 0.3) is 0 Å². The van der Waals surface area contributed by atoms with Crippen LogP contribution in [0.3, 0.4) is 0 Å². The van der Waals surface area contributed by atoms with Crippen molar-refractivity contribution in [2.45, 2.75) is 27.2 Å². The Bertz CT molecular complexity index is 155. The summed E-state index contributed by atoms with van der Waals surface area (Å²) in [5, 5.41) is 0. The van der Waals surface area contributed by atoms with Crippen LogP contribution in [0.1, 0.15) is 27.2 Å². The van der Waals surface area contributed by atoms with Crippen LogP contribution in [0, 0.1) is 5.41 Å². The minimum Gasteiger partial charge on any atom is -0.346 e. The molecule has 0 fully saturated rings. The van der Waals surface area contributed by atoms with Crippen molar-refractivity contribution >= 4 is 5.91 Å². The van der Waals surface area contributed by atoms with Gasteiger partial charge in [0.05, 0.1) is 0 Å². The van der Waals surface area contributed by atoms with Crippen LogP contribution in [0.4, 0.5) is 0 Å². The number of carbonyl (C=O) groups excluding carboxylic acids is 1. The van der Waals surface area contributed by atoms with E-state index < -0.39 is 0 Å². The SMILES string of the molecule is CCN(C)C(=O)CC(C)(C)CN. The average Bonchev–Trinajstić information content (AvgIpc) is 2.02. The highest BCUT2D eigenvalue weighted by molar-refractivity contribution is 5.76. The standard InChI is InChI=1S/C9H20N2O/c1-5-11(4)8(12)6-9(2,3)7-10/h5-7,10H2,1-4H3. The van der Waals surface area contributed by atoms with E-state index in [0.717, 1.165) is 6.54 Å². The molecule has 3 nitrogen and oxygen atoms in total. The van der Waals surface area contributed by atoms with Gasteiger partial charge in [-0.2, -0.15) is 0 Å². The number of carbonyl (C=O) groups is 1. The first-order valence-corrected chi connectivity index (χ1v) is 4.37. The summed E-state index contributed by atoms with van der Waals surface area (Å²) in [4.78, 5) is 13.1. The van der Waals surface area contributed by atoms with Crippen LogP contribution in [-0.4, -0.2) is 30.9 Å². The van der Waals surface area contributed by atoms with Gasteiger partial charge >= 0.3 is 0 Å². The smallest absolute Gasteiger partial charge is 0.222 e. The van der Waals surface area contributed by atoms with E-state index in [4.69, 9.17) is 5.73 Å². The topological polar surface area (TPSA) is 46.3 Å². The lowest BCUT2D eigenvalue weighted by atomic mass is 9.89. The maximum atomic E-state index is 11.4. The predicted octanol–water partition coefficient (Wildman–Crippen LogP) is 0.840. The molecule has 0 unspecified atom stereocenters. The third-order valence-corrected chi connectivity index (χ3v) is 2.08. The van der Waals surface area contributed by atoms with Gasteiger partial charge in [-0.25, -0.2) is 0 Å². The second kappa shape index (κ2) is 4.45. The molecule has 0 aliphatic rings. The molecule has 1 amide bonds. The molecule has 0 aliphatic carbocycles. The van der Waals surface area contributed by atoms with Gasteiger partial charge in [0.25, 0.3) is 0 Å². The number of hydrogen-bond donors (Lipinski definition) is 1. The summed E-state index contributed by atoms with van der Waals surface area (Å²) in [6.45, 7) is 7.30. The molecule has 0 saturated carbocycles. The number of nitrogens with zero attached hydrogens (tertiary/aromatic N) is 1. The van der Waals surface area contributed by atoms with Gasteiger partial charge in [-0.1, -0.05) is 13.8 Å². The van der Waals surface area contributed by atoms with E-state index in [1.165, 1.54) is 0 Å². The van der Waals surface area contributed by atoms with Crippen LogP contribution in [0.15, 0.2) is 0 Å². The Balaban J connectivity index is 4.00. The third kappa shape index (κ3) is 3.72. The van der Waals surface area contributed by atoms with Crippen molar-refractivity contribution in [1.29, 1.82) is 0 Å². The summed E-state index contributed by atoms with van der Waals surface area (Å²) in [5.41, 5.74) is 5.46. The Hall–Kier alpha value is -0.570. The molecular weight excluding hydrogens is 152 g/mol. The molecule has 0 aliphatic heterocycles. The molecule has 0 atom stereocenters. The Morgan fingerprint density at radius 1 is 1.50 bits per heavy atom. The summed E-state index contributed by atoms with van der Waals surface area (Å²) in [6, 6.07) is 0. The fourth-order valence-corrected chi connectivity index (χ4v) is 0.793. The molecule has 12 heavy (non-hydrogen) atoms. The van der Waals surface area contributed by atoms with E-state index in [0.29, 0.717) is 13.0 Å². The number of nitrogens with two attached hydrogens (primary N) is 1. The van der Waals surface area contributed by atoms with Crippen LogP contribution in [-0.2, 0) is 4.79 Å². The van der Waals surface area contributed by atoms with Crippen molar-refractivity contribution in [2.24, 2.45) is 11.1 Å². The van der Waals surface area contributed by atoms with Gasteiger partial charge in [0.2, 0.25) is 5.91 Å². The Morgan fingerprint density at radius 2 is 2.00 bits per heavy atom. The monoisotopic (exact) mass is 172 g/mol. The zero-order chi connectivity index (χ0) is 9.78. The van der Waals surface area contributed by atoms with Crippen molar-refractivity contribution < 1.29 is 4.79 Å². The molecule has 0 bridgehead atoms. The molecule has 0 spiro atoms. The average molecular weight is 172 g/mol. The van der Waals surface area contributed by atoms with Crippen LogP contribution in [0.2, 0.25) is 0 Å². The normalized spacial score (nSPS) is 11.4. The van der Waals surface area contributed by atoms with Crippen LogP contribution < -0.4 is 5.73 Å². The molecular formula is C9H20N2O. The van der Waals surface area contributed by atoms with Crippen LogP contribution >= 0.6 is 0 Å². The van der Waals surface area contributed by atoms with Gasteiger partial charge in [-0.15, -0.1) is 0 Å². The van der Waals surface area contributed by atoms with Gasteiger partial charge in [-0.3, -0.25) is 4.79 Å². The lowest BCUT2D eigenvalue weighted by molar-refractivity contribution is -0.131. The van der Waals surface area contributed by atoms with Gasteiger partial charge in [0.1, 0.15) is 0 Å². The first-order chi connectivity index (χ1) is 5.43. The molecule has 2 N–H and O–H groups in total. The molecule has 0 aromatic rings. The molecule has 0 rings (SSSR count). The fourth-order valence-electron chi connectivity index (χ4n) is 0.793. The maximum Gasteiger partial charge on any atom is 0.222 e. The highest BCUT2D eigenvalue weighted by Crippen LogP contribution is 2.18. The minimum atomic E-state index is -0.0689. The Labute approximate surface area is 74.9 Å². The number of amides is 1. The number of hydrogen-bond acceptors (Lipinski definition) is 2. The van der Waals surface area contributed by atoms with Crippen molar-refractivity contribution in [3.63, 3.8) is 0 Å². The van der Waals surface area contributed by atoms with E-state index in [2.05, 4.69) is 0 Å². The van der Waals surface area contributed by atoms with E-state index >= 15 is 0 Å². The Kier molecular flexibility index (Phi) is 4.24. The molecule has 0 aromatic heterocycles. The van der Waals surface area contributed by atoms with Crippen molar-refractivity contribution in [1.82, 2.24) is 4.90 Å². The second-order valence-electron chi connectivity index (χ2n) is 3.95. The zero-order valence-corrected chi connectivity index (χ0v) is 8.55. The first-order valence-electron chi connectivity index (χ1n) is 4.37. The van der Waals surface area contributed by atoms with Crippen molar-refractivity contribution in [2.75, 3.05) is 20.1 Å². The highest BCUT2D eigenvalue weighted by Gasteiger charge is 2.21. The largest absolute Gasteiger partial charge is 0.346 e. The van der Waals surface area contributed by atoms with Crippen molar-refractivity contribution in [3.05, 3.63) is 0 Å². The van der Waals surface area contributed by atoms with Crippen LogP contribution in [0.5, 0.6) is 0 Å². The number of rotatable bonds is 4. The van der Waals surface area contributed by atoms with Gasteiger partial charge < -0.3 is 10.6 Å². The molecule has 0 heterocycles. The Morgan fingerprint density at radius 3 is 2.33 bits per heavy atom. The zero-order valence-electron chi connectivity index (χ0n) is 8.55. The second-order valence-corrected chi connectivity index (χ2v) is 3.95. The highest BCUT2D eigenvalue weighted by atomic mass is 16.2. The van der Waals surface area contributed by atoms with Gasteiger partial charge in [0, 0.05) is 20.0 Å². The molecule has 0 saturated heterocycles. The molecule has 72 valence electrons. The quantitative estimate of drug-likeness (QED) is 0.683. The predicted molar refractivity (Wildman–Crippen MR) is 50.8 cm³/mol. The first kappa shape index (κ1) is 11.4. The summed E-state index contributed by atoms with van der Waals surface area (Å²) in [7, 11) is 1.81. The van der Waals surface area contributed by atoms with E-state index in [1.54, 1.807) is 4.90 Å². The van der Waals surface area contributed by atoms with Crippen molar-refractivity contribution in [3.8, 4) is 0 Å². The summed E-state index contributed by atoms with van der Waals surface area (Å²) in [5.74, 6) is 0.174. The fraction of sp³-hybridized carbons (Fsp3) is 0.889. The summed E-state index contributed by atoms with van der Waals surface area (Å²) < 4.78 is 0. The van der Waals surface area contributed by atoms with Gasteiger partial charge in [0.15, 0.2) is 0 Å². The summed E-state index contributed by atoms with van der Waals surface area (Å²) >= 11 is 0. The minimum absolute atomic E-state index is 0.0689. The molecule has 0 radical (unpaired) electrons.